The van der Waals surface area contributed by atoms with E-state index in [9.17, 15) is 4.79 Å². The van der Waals surface area contributed by atoms with Crippen molar-refractivity contribution in [3.05, 3.63) is 66.5 Å². The summed E-state index contributed by atoms with van der Waals surface area (Å²) in [4.78, 5) is 11.9. The third-order valence-electron chi connectivity index (χ3n) is 3.05. The predicted octanol–water partition coefficient (Wildman–Crippen LogP) is 4.41. The van der Waals surface area contributed by atoms with Crippen LogP contribution in [0.15, 0.2) is 60.9 Å². The molecule has 0 N–H and O–H groups in total. The fourth-order valence-electron chi connectivity index (χ4n) is 1.91. The summed E-state index contributed by atoms with van der Waals surface area (Å²) >= 11 is 0. The Morgan fingerprint density at radius 3 is 2.47 bits per heavy atom. The van der Waals surface area contributed by atoms with Crippen molar-refractivity contribution in [2.75, 3.05) is 0 Å². The first-order valence-corrected chi connectivity index (χ1v) is 6.75. The van der Waals surface area contributed by atoms with Gasteiger partial charge in [0, 0.05) is 23.6 Å². The number of benzene rings is 1. The van der Waals surface area contributed by atoms with E-state index in [0.717, 1.165) is 30.5 Å². The van der Waals surface area contributed by atoms with E-state index in [2.05, 4.69) is 6.92 Å². The maximum Gasteiger partial charge on any atom is 0.185 e. The van der Waals surface area contributed by atoms with Crippen LogP contribution in [-0.4, -0.2) is 10.4 Å². The van der Waals surface area contributed by atoms with Gasteiger partial charge in [-0.25, -0.2) is 0 Å². The van der Waals surface area contributed by atoms with Crippen LogP contribution in [0, 0.1) is 0 Å². The summed E-state index contributed by atoms with van der Waals surface area (Å²) in [6.45, 7) is 2.15. The Labute approximate surface area is 114 Å². The molecule has 2 rings (SSSR count). The van der Waals surface area contributed by atoms with Crippen LogP contribution < -0.4 is 0 Å². The van der Waals surface area contributed by atoms with Crippen LogP contribution in [0.5, 0.6) is 0 Å². The molecule has 0 radical (unpaired) electrons. The molecule has 2 heteroatoms. The van der Waals surface area contributed by atoms with Gasteiger partial charge in [-0.15, -0.1) is 0 Å². The molecule has 2 aromatic rings. The van der Waals surface area contributed by atoms with Crippen molar-refractivity contribution in [2.24, 2.45) is 0 Å². The lowest BCUT2D eigenvalue weighted by molar-refractivity contribution is 0.104. The molecule has 0 saturated carbocycles. The van der Waals surface area contributed by atoms with Gasteiger partial charge in [-0.3, -0.25) is 4.79 Å². The number of allylic oxidation sites excluding steroid dienone is 2. The van der Waals surface area contributed by atoms with Gasteiger partial charge in [0.25, 0.3) is 0 Å². The van der Waals surface area contributed by atoms with E-state index in [0.29, 0.717) is 0 Å². The second kappa shape index (κ2) is 6.74. The molecule has 0 atom stereocenters. The summed E-state index contributed by atoms with van der Waals surface area (Å²) in [5.74, 6) is 0.0789. The van der Waals surface area contributed by atoms with E-state index in [1.165, 1.54) is 0 Å². The number of carbonyl (C=O) groups excluding carboxylic acids is 1. The van der Waals surface area contributed by atoms with Gasteiger partial charge in [-0.05, 0) is 48.9 Å². The van der Waals surface area contributed by atoms with Gasteiger partial charge < -0.3 is 4.57 Å². The minimum absolute atomic E-state index is 0.0789. The van der Waals surface area contributed by atoms with Crippen molar-refractivity contribution in [3.8, 4) is 5.69 Å². The summed E-state index contributed by atoms with van der Waals surface area (Å²) < 4.78 is 2.02. The molecule has 2 nitrogen and oxygen atoms in total. The highest BCUT2D eigenvalue weighted by Gasteiger charge is 2.01. The number of aromatic nitrogens is 1. The standard InChI is InChI=1S/C17H19NO/c1-2-3-4-5-8-17(19)15-9-11-16(12-10-15)18-13-6-7-14-18/h5-14H,2-4H2,1H3/b8-5+. The lowest BCUT2D eigenvalue weighted by atomic mass is 10.1. The molecule has 0 spiro atoms. The topological polar surface area (TPSA) is 22.0 Å². The van der Waals surface area contributed by atoms with Gasteiger partial charge in [0.05, 0.1) is 0 Å². The van der Waals surface area contributed by atoms with Crippen molar-refractivity contribution < 1.29 is 4.79 Å². The van der Waals surface area contributed by atoms with Crippen LogP contribution in [-0.2, 0) is 0 Å². The van der Waals surface area contributed by atoms with E-state index < -0.39 is 0 Å². The Bertz CT molecular complexity index is 535. The highest BCUT2D eigenvalue weighted by atomic mass is 16.1. The normalized spacial score (nSPS) is 11.0. The maximum atomic E-state index is 11.9. The number of hydrogen-bond donors (Lipinski definition) is 0. The van der Waals surface area contributed by atoms with Crippen molar-refractivity contribution in [1.29, 1.82) is 0 Å². The van der Waals surface area contributed by atoms with Crippen LogP contribution in [0.25, 0.3) is 5.69 Å². The van der Waals surface area contributed by atoms with Gasteiger partial charge in [0.2, 0.25) is 0 Å². The molecule has 98 valence electrons. The van der Waals surface area contributed by atoms with Crippen LogP contribution in [0.2, 0.25) is 0 Å². The molecular formula is C17H19NO. The first-order valence-electron chi connectivity index (χ1n) is 6.75. The Morgan fingerprint density at radius 1 is 1.16 bits per heavy atom. The van der Waals surface area contributed by atoms with Crippen molar-refractivity contribution in [2.45, 2.75) is 26.2 Å². The number of unbranched alkanes of at least 4 members (excludes halogenated alkanes) is 2. The zero-order valence-electron chi connectivity index (χ0n) is 11.3. The molecule has 19 heavy (non-hydrogen) atoms. The minimum atomic E-state index is 0.0789. The number of hydrogen-bond acceptors (Lipinski definition) is 1. The molecule has 0 amide bonds. The van der Waals surface area contributed by atoms with E-state index >= 15 is 0 Å². The van der Waals surface area contributed by atoms with E-state index in [-0.39, 0.29) is 5.78 Å². The summed E-state index contributed by atoms with van der Waals surface area (Å²) in [6.07, 6.45) is 10.9. The number of rotatable bonds is 6. The Balaban J connectivity index is 2.02. The Morgan fingerprint density at radius 2 is 1.84 bits per heavy atom. The lowest BCUT2D eigenvalue weighted by Gasteiger charge is -2.03. The largest absolute Gasteiger partial charge is 0.324 e. The summed E-state index contributed by atoms with van der Waals surface area (Å²) in [5.41, 5.74) is 1.81. The summed E-state index contributed by atoms with van der Waals surface area (Å²) in [6, 6.07) is 11.6. The van der Waals surface area contributed by atoms with Crippen LogP contribution in [0.1, 0.15) is 36.5 Å². The fourth-order valence-corrected chi connectivity index (χ4v) is 1.91. The summed E-state index contributed by atoms with van der Waals surface area (Å²) in [7, 11) is 0. The van der Waals surface area contributed by atoms with E-state index in [4.69, 9.17) is 0 Å². The van der Waals surface area contributed by atoms with Gasteiger partial charge >= 0.3 is 0 Å². The second-order valence-electron chi connectivity index (χ2n) is 4.55. The molecule has 0 fully saturated rings. The zero-order valence-corrected chi connectivity index (χ0v) is 11.3. The molecule has 0 unspecified atom stereocenters. The molecule has 1 aromatic heterocycles. The smallest absolute Gasteiger partial charge is 0.185 e. The first kappa shape index (κ1) is 13.3. The van der Waals surface area contributed by atoms with Crippen molar-refractivity contribution in [1.82, 2.24) is 4.57 Å². The third-order valence-corrected chi connectivity index (χ3v) is 3.05. The number of carbonyl (C=O) groups is 1. The maximum absolute atomic E-state index is 11.9. The van der Waals surface area contributed by atoms with Gasteiger partial charge in [-0.2, -0.15) is 0 Å². The van der Waals surface area contributed by atoms with Gasteiger partial charge in [0.15, 0.2) is 5.78 Å². The van der Waals surface area contributed by atoms with Crippen molar-refractivity contribution >= 4 is 5.78 Å². The van der Waals surface area contributed by atoms with Crippen LogP contribution in [0.4, 0.5) is 0 Å². The predicted molar refractivity (Wildman–Crippen MR) is 78.8 cm³/mol. The fraction of sp³-hybridized carbons (Fsp3) is 0.235. The lowest BCUT2D eigenvalue weighted by Crippen LogP contribution is -1.96. The molecule has 1 aromatic carbocycles. The van der Waals surface area contributed by atoms with Gasteiger partial charge in [0.1, 0.15) is 0 Å². The average Bonchev–Trinajstić information content (AvgIpc) is 2.98. The zero-order chi connectivity index (χ0) is 13.5. The molecule has 0 bridgehead atoms. The minimum Gasteiger partial charge on any atom is -0.324 e. The quantitative estimate of drug-likeness (QED) is 0.424. The number of ketones is 1. The van der Waals surface area contributed by atoms with Crippen LogP contribution in [0.3, 0.4) is 0 Å². The SMILES string of the molecule is CCCC/C=C/C(=O)c1ccc(-n2cccc2)cc1. The molecule has 0 aliphatic rings. The van der Waals surface area contributed by atoms with Crippen LogP contribution >= 0.6 is 0 Å². The van der Waals surface area contributed by atoms with E-state index in [1.807, 2.05) is 59.4 Å². The average molecular weight is 253 g/mol. The Hall–Kier alpha value is -2.09. The Kier molecular flexibility index (Phi) is 4.73. The molecule has 1 heterocycles. The molecule has 0 saturated heterocycles. The number of nitrogens with zero attached hydrogens (tertiary/aromatic N) is 1. The summed E-state index contributed by atoms with van der Waals surface area (Å²) in [5, 5.41) is 0. The highest BCUT2D eigenvalue weighted by Crippen LogP contribution is 2.11. The molecule has 0 aliphatic heterocycles. The second-order valence-corrected chi connectivity index (χ2v) is 4.55. The van der Waals surface area contributed by atoms with Gasteiger partial charge in [-0.1, -0.05) is 25.8 Å². The third kappa shape index (κ3) is 3.68. The van der Waals surface area contributed by atoms with Crippen molar-refractivity contribution in [3.63, 3.8) is 0 Å². The highest BCUT2D eigenvalue weighted by molar-refractivity contribution is 6.04. The van der Waals surface area contributed by atoms with E-state index in [1.54, 1.807) is 6.08 Å². The first-order chi connectivity index (χ1) is 9.31. The molecule has 0 aliphatic carbocycles. The monoisotopic (exact) mass is 253 g/mol. The molecular weight excluding hydrogens is 234 g/mol.